The highest BCUT2D eigenvalue weighted by Gasteiger charge is 2.24. The molecule has 1 aromatic heterocycles. The van der Waals surface area contributed by atoms with E-state index in [-0.39, 0.29) is 27.6 Å². The van der Waals surface area contributed by atoms with Gasteiger partial charge in [-0.1, -0.05) is 23.7 Å². The summed E-state index contributed by atoms with van der Waals surface area (Å²) in [5, 5.41) is 5.74. The largest absolute Gasteiger partial charge is 0.495 e. The molecule has 1 aliphatic rings. The molecule has 3 aromatic rings. The number of piperazine rings is 1. The van der Waals surface area contributed by atoms with Crippen LogP contribution in [0, 0.1) is 0 Å². The fourth-order valence-corrected chi connectivity index (χ4v) is 5.31. The van der Waals surface area contributed by atoms with Crippen LogP contribution in [0.5, 0.6) is 5.75 Å². The first-order chi connectivity index (χ1) is 18.1. The van der Waals surface area contributed by atoms with Gasteiger partial charge in [0.25, 0.3) is 5.91 Å². The minimum atomic E-state index is -3.55. The molecular weight excluding hydrogens is 528 g/mol. The highest BCUT2D eigenvalue weighted by molar-refractivity contribution is 7.92. The van der Waals surface area contributed by atoms with Crippen molar-refractivity contribution in [3.63, 3.8) is 0 Å². The summed E-state index contributed by atoms with van der Waals surface area (Å²) in [7, 11) is 0.0147. The maximum atomic E-state index is 13.1. The first kappa shape index (κ1) is 27.6. The third-order valence-corrected chi connectivity index (χ3v) is 8.78. The monoisotopic (exact) mass is 558 g/mol. The van der Waals surface area contributed by atoms with Gasteiger partial charge in [-0.2, -0.15) is 4.98 Å². The number of para-hydroxylation sites is 1. The van der Waals surface area contributed by atoms with E-state index >= 15 is 0 Å². The van der Waals surface area contributed by atoms with Crippen LogP contribution < -0.4 is 15.4 Å². The van der Waals surface area contributed by atoms with Crippen LogP contribution in [0.2, 0.25) is 5.02 Å². The molecule has 0 radical (unpaired) electrons. The summed E-state index contributed by atoms with van der Waals surface area (Å²) in [6.07, 6.45) is 1.41. The van der Waals surface area contributed by atoms with Crippen LogP contribution in [-0.4, -0.2) is 79.7 Å². The lowest BCUT2D eigenvalue weighted by atomic mass is 10.1. The summed E-state index contributed by atoms with van der Waals surface area (Å²) in [4.78, 5) is 26.0. The number of amides is 1. The molecule has 2 aromatic carbocycles. The highest BCUT2D eigenvalue weighted by atomic mass is 35.5. The number of nitrogens with zero attached hydrogens (tertiary/aromatic N) is 4. The summed E-state index contributed by atoms with van der Waals surface area (Å²) >= 11 is 6.36. The van der Waals surface area contributed by atoms with Gasteiger partial charge in [0.05, 0.1) is 34.8 Å². The van der Waals surface area contributed by atoms with Crippen LogP contribution in [0.3, 0.4) is 0 Å². The lowest BCUT2D eigenvalue weighted by molar-refractivity contribution is 0.0664. The number of rotatable bonds is 8. The summed E-state index contributed by atoms with van der Waals surface area (Å²) in [6.45, 7) is 6.22. The zero-order valence-corrected chi connectivity index (χ0v) is 23.3. The van der Waals surface area contributed by atoms with Crippen LogP contribution in [0.25, 0.3) is 0 Å². The van der Waals surface area contributed by atoms with E-state index in [0.29, 0.717) is 35.8 Å². The normalized spacial score (nSPS) is 14.4. The number of halogens is 1. The van der Waals surface area contributed by atoms with Crippen molar-refractivity contribution in [2.24, 2.45) is 0 Å². The second-order valence-corrected chi connectivity index (χ2v) is 12.1. The van der Waals surface area contributed by atoms with Crippen LogP contribution in [0.4, 0.5) is 23.1 Å². The van der Waals surface area contributed by atoms with Gasteiger partial charge in [-0.25, -0.2) is 13.4 Å². The number of benzene rings is 2. The van der Waals surface area contributed by atoms with Gasteiger partial charge < -0.3 is 25.2 Å². The molecule has 0 aliphatic carbocycles. The quantitative estimate of drug-likeness (QED) is 0.419. The number of carbonyl (C=O) groups excluding carboxylic acids is 1. The van der Waals surface area contributed by atoms with Gasteiger partial charge >= 0.3 is 0 Å². The number of aromatic nitrogens is 2. The molecule has 0 atom stereocenters. The van der Waals surface area contributed by atoms with Gasteiger partial charge in [-0.05, 0) is 51.2 Å². The van der Waals surface area contributed by atoms with Crippen molar-refractivity contribution in [3.05, 3.63) is 59.2 Å². The van der Waals surface area contributed by atoms with Crippen molar-refractivity contribution in [2.45, 2.75) is 24.0 Å². The number of carbonyl (C=O) groups is 1. The molecular formula is C26H31ClN6O4S. The number of anilines is 4. The van der Waals surface area contributed by atoms with Crippen LogP contribution in [0.15, 0.2) is 53.6 Å². The Labute approximate surface area is 227 Å². The molecule has 1 saturated heterocycles. The van der Waals surface area contributed by atoms with Gasteiger partial charge in [-0.3, -0.25) is 4.79 Å². The standard InChI is InChI=1S/C26H31ClN6O4S/c1-17(2)38(35,36)23-8-6-5-7-20(23)29-24-19(27)16-28-26(31-24)30-21-15-18(9-10-22(21)37-4)25(34)33-13-11-32(3)12-14-33/h5-10,15-17H,11-14H2,1-4H3,(H2,28,29,30,31). The summed E-state index contributed by atoms with van der Waals surface area (Å²) in [6, 6.07) is 11.7. The van der Waals surface area contributed by atoms with E-state index in [1.54, 1.807) is 56.3 Å². The SMILES string of the molecule is COc1ccc(C(=O)N2CCN(C)CC2)cc1Nc1ncc(Cl)c(Nc2ccccc2S(=O)(=O)C(C)C)n1. The third kappa shape index (κ3) is 6.01. The summed E-state index contributed by atoms with van der Waals surface area (Å²) < 4.78 is 31.2. The molecule has 1 amide bonds. The van der Waals surface area contributed by atoms with Gasteiger partial charge in [0.2, 0.25) is 5.95 Å². The molecule has 0 spiro atoms. The Morgan fingerprint density at radius 2 is 1.76 bits per heavy atom. The predicted molar refractivity (Wildman–Crippen MR) is 149 cm³/mol. The highest BCUT2D eigenvalue weighted by Crippen LogP contribution is 2.32. The molecule has 2 N–H and O–H groups in total. The second-order valence-electron chi connectivity index (χ2n) is 9.24. The third-order valence-electron chi connectivity index (χ3n) is 6.29. The minimum absolute atomic E-state index is 0.0637. The Hall–Kier alpha value is -3.41. The summed E-state index contributed by atoms with van der Waals surface area (Å²) in [5.74, 6) is 0.843. The Bertz CT molecular complexity index is 1420. The van der Waals surface area contributed by atoms with E-state index in [1.165, 1.54) is 13.3 Å². The molecule has 0 unspecified atom stereocenters. The predicted octanol–water partition coefficient (Wildman–Crippen LogP) is 4.20. The zero-order valence-electron chi connectivity index (χ0n) is 21.7. The molecule has 1 fully saturated rings. The van der Waals surface area contributed by atoms with E-state index in [9.17, 15) is 13.2 Å². The van der Waals surface area contributed by atoms with Crippen LogP contribution in [-0.2, 0) is 9.84 Å². The number of hydrogen-bond acceptors (Lipinski definition) is 9. The number of nitrogens with one attached hydrogen (secondary N) is 2. The number of sulfone groups is 1. The average molecular weight is 559 g/mol. The Morgan fingerprint density at radius 3 is 2.45 bits per heavy atom. The molecule has 4 rings (SSSR count). The lowest BCUT2D eigenvalue weighted by Crippen LogP contribution is -2.47. The Morgan fingerprint density at radius 1 is 1.05 bits per heavy atom. The van der Waals surface area contributed by atoms with Crippen molar-refractivity contribution in [1.29, 1.82) is 0 Å². The lowest BCUT2D eigenvalue weighted by Gasteiger charge is -2.32. The molecule has 10 nitrogen and oxygen atoms in total. The second kappa shape index (κ2) is 11.5. The zero-order chi connectivity index (χ0) is 27.4. The number of hydrogen-bond donors (Lipinski definition) is 2. The van der Waals surface area contributed by atoms with Crippen molar-refractivity contribution in [3.8, 4) is 5.75 Å². The van der Waals surface area contributed by atoms with Crippen molar-refractivity contribution in [1.82, 2.24) is 19.8 Å². The molecule has 0 saturated carbocycles. The maximum Gasteiger partial charge on any atom is 0.254 e. The minimum Gasteiger partial charge on any atom is -0.495 e. The van der Waals surface area contributed by atoms with E-state index in [0.717, 1.165) is 13.1 Å². The number of methoxy groups -OCH3 is 1. The van der Waals surface area contributed by atoms with Crippen molar-refractivity contribution in [2.75, 3.05) is 51.0 Å². The average Bonchev–Trinajstić information content (AvgIpc) is 2.90. The van der Waals surface area contributed by atoms with Gasteiger partial charge in [0, 0.05) is 31.7 Å². The van der Waals surface area contributed by atoms with Gasteiger partial charge in [-0.15, -0.1) is 0 Å². The Balaban J connectivity index is 1.61. The van der Waals surface area contributed by atoms with Crippen LogP contribution in [0.1, 0.15) is 24.2 Å². The van der Waals surface area contributed by atoms with Crippen LogP contribution >= 0.6 is 11.6 Å². The molecule has 12 heteroatoms. The van der Waals surface area contributed by atoms with E-state index in [4.69, 9.17) is 16.3 Å². The molecule has 1 aliphatic heterocycles. The molecule has 2 heterocycles. The fourth-order valence-electron chi connectivity index (χ4n) is 3.97. The number of likely N-dealkylation sites (N-methyl/N-ethyl adjacent to an activating group) is 1. The number of ether oxygens (including phenoxy) is 1. The first-order valence-corrected chi connectivity index (χ1v) is 14.1. The van der Waals surface area contributed by atoms with E-state index in [2.05, 4.69) is 25.5 Å². The van der Waals surface area contributed by atoms with Gasteiger partial charge in [0.15, 0.2) is 15.7 Å². The van der Waals surface area contributed by atoms with E-state index < -0.39 is 15.1 Å². The Kier molecular flexibility index (Phi) is 8.39. The molecule has 202 valence electrons. The van der Waals surface area contributed by atoms with E-state index in [1.807, 2.05) is 11.9 Å². The van der Waals surface area contributed by atoms with Crippen molar-refractivity contribution >= 4 is 50.5 Å². The summed E-state index contributed by atoms with van der Waals surface area (Å²) in [5.41, 5.74) is 1.37. The topological polar surface area (TPSA) is 117 Å². The first-order valence-electron chi connectivity index (χ1n) is 12.2. The molecule has 38 heavy (non-hydrogen) atoms. The van der Waals surface area contributed by atoms with Crippen molar-refractivity contribution < 1.29 is 17.9 Å². The smallest absolute Gasteiger partial charge is 0.254 e. The fraction of sp³-hybridized carbons (Fsp3) is 0.346. The van der Waals surface area contributed by atoms with Gasteiger partial charge in [0.1, 0.15) is 10.8 Å². The maximum absolute atomic E-state index is 13.1. The molecule has 0 bridgehead atoms.